The van der Waals surface area contributed by atoms with Gasteiger partial charge in [0, 0.05) is 5.02 Å². The molecule has 10 heteroatoms. The summed E-state index contributed by atoms with van der Waals surface area (Å²) in [7, 11) is 1.25. The number of carbonyl (C=O) groups excluding carboxylic acids is 2. The lowest BCUT2D eigenvalue weighted by atomic mass is 10.0. The Balaban J connectivity index is 2.01. The molecule has 2 atom stereocenters. The number of benzene rings is 2. The molecule has 2 unspecified atom stereocenters. The molecule has 0 saturated carbocycles. The molecule has 0 aliphatic carbocycles. The van der Waals surface area contributed by atoms with Crippen LogP contribution in [0.3, 0.4) is 0 Å². The molecule has 0 fully saturated rings. The molecule has 0 bridgehead atoms. The molecular formula is C21H22ClF3N2O4. The molecule has 2 N–H and O–H groups in total. The summed E-state index contributed by atoms with van der Waals surface area (Å²) in [6.45, 7) is 0.322. The first-order chi connectivity index (χ1) is 14.6. The van der Waals surface area contributed by atoms with E-state index in [-0.39, 0.29) is 12.2 Å². The minimum Gasteiger partial charge on any atom is -0.484 e. The third-order valence-electron chi connectivity index (χ3n) is 4.31. The lowest BCUT2D eigenvalue weighted by Gasteiger charge is -2.22. The van der Waals surface area contributed by atoms with Gasteiger partial charge in [-0.25, -0.2) is 4.79 Å². The maximum Gasteiger partial charge on any atom is 0.422 e. The molecule has 0 radical (unpaired) electrons. The van der Waals surface area contributed by atoms with E-state index in [4.69, 9.17) is 16.3 Å². The second kappa shape index (κ2) is 10.9. The number of amides is 2. The number of hydrogen-bond donors (Lipinski definition) is 2. The molecule has 6 nitrogen and oxygen atoms in total. The van der Waals surface area contributed by atoms with Crippen LogP contribution in [0.1, 0.15) is 36.6 Å². The third kappa shape index (κ3) is 8.01. The number of halogens is 4. The predicted molar refractivity (Wildman–Crippen MR) is 109 cm³/mol. The van der Waals surface area contributed by atoms with Gasteiger partial charge in [0.2, 0.25) is 0 Å². The van der Waals surface area contributed by atoms with Crippen molar-refractivity contribution in [3.05, 3.63) is 64.7 Å². The van der Waals surface area contributed by atoms with E-state index >= 15 is 0 Å². The molecular weight excluding hydrogens is 437 g/mol. The van der Waals surface area contributed by atoms with Crippen molar-refractivity contribution in [3.63, 3.8) is 0 Å². The molecule has 31 heavy (non-hydrogen) atoms. The highest BCUT2D eigenvalue weighted by Crippen LogP contribution is 2.26. The van der Waals surface area contributed by atoms with Crippen LogP contribution in [-0.4, -0.2) is 31.9 Å². The van der Waals surface area contributed by atoms with Crippen LogP contribution < -0.4 is 15.4 Å². The van der Waals surface area contributed by atoms with Crippen LogP contribution in [0.4, 0.5) is 18.0 Å². The van der Waals surface area contributed by atoms with Gasteiger partial charge in [-0.15, -0.1) is 0 Å². The van der Waals surface area contributed by atoms with E-state index in [2.05, 4.69) is 15.4 Å². The zero-order chi connectivity index (χ0) is 23.0. The second-order valence-electron chi connectivity index (χ2n) is 6.67. The molecule has 0 aliphatic rings. The average Bonchev–Trinajstić information content (AvgIpc) is 2.71. The average molecular weight is 459 g/mol. The largest absolute Gasteiger partial charge is 0.484 e. The second-order valence-corrected chi connectivity index (χ2v) is 7.07. The van der Waals surface area contributed by atoms with Gasteiger partial charge in [-0.1, -0.05) is 41.9 Å². The Bertz CT molecular complexity index is 891. The van der Waals surface area contributed by atoms with E-state index in [0.29, 0.717) is 16.1 Å². The van der Waals surface area contributed by atoms with Crippen molar-refractivity contribution in [1.29, 1.82) is 0 Å². The fourth-order valence-electron chi connectivity index (χ4n) is 2.74. The van der Waals surface area contributed by atoms with Gasteiger partial charge in [-0.3, -0.25) is 4.79 Å². The SMILES string of the molecule is COC(=O)CC(NC(=O)NC(C)c1ccc(OCC(F)(F)F)cc1)c1ccccc1Cl. The molecule has 0 spiro atoms. The van der Waals surface area contributed by atoms with Crippen molar-refractivity contribution >= 4 is 23.6 Å². The van der Waals surface area contributed by atoms with Gasteiger partial charge in [-0.2, -0.15) is 13.2 Å². The number of urea groups is 1. The van der Waals surface area contributed by atoms with Gasteiger partial charge in [0.05, 0.1) is 25.6 Å². The number of alkyl halides is 3. The number of nitrogens with one attached hydrogen (secondary N) is 2. The summed E-state index contributed by atoms with van der Waals surface area (Å²) in [4.78, 5) is 24.3. The smallest absolute Gasteiger partial charge is 0.422 e. The van der Waals surface area contributed by atoms with Gasteiger partial charge < -0.3 is 20.1 Å². The highest BCUT2D eigenvalue weighted by Gasteiger charge is 2.28. The van der Waals surface area contributed by atoms with Crippen LogP contribution in [0.5, 0.6) is 5.75 Å². The summed E-state index contributed by atoms with van der Waals surface area (Å²) >= 11 is 6.19. The Kier molecular flexibility index (Phi) is 8.56. The molecule has 2 aromatic carbocycles. The molecule has 2 aromatic rings. The topological polar surface area (TPSA) is 76.7 Å². The van der Waals surface area contributed by atoms with Gasteiger partial charge >= 0.3 is 18.2 Å². The summed E-state index contributed by atoms with van der Waals surface area (Å²) in [5, 5.41) is 5.81. The highest BCUT2D eigenvalue weighted by atomic mass is 35.5. The summed E-state index contributed by atoms with van der Waals surface area (Å²) < 4.78 is 46.0. The quantitative estimate of drug-likeness (QED) is 0.549. The Morgan fingerprint density at radius 1 is 1.06 bits per heavy atom. The normalized spacial score (nSPS) is 13.1. The van der Waals surface area contributed by atoms with Crippen LogP contribution in [0, 0.1) is 0 Å². The summed E-state index contributed by atoms with van der Waals surface area (Å²) in [6.07, 6.45) is -4.54. The fraction of sp³-hybridized carbons (Fsp3) is 0.333. The van der Waals surface area contributed by atoms with Crippen LogP contribution in [0.15, 0.2) is 48.5 Å². The van der Waals surface area contributed by atoms with E-state index in [1.165, 1.54) is 19.2 Å². The van der Waals surface area contributed by atoms with Crippen molar-refractivity contribution in [2.24, 2.45) is 0 Å². The molecule has 0 aliphatic heterocycles. The van der Waals surface area contributed by atoms with Crippen molar-refractivity contribution < 1.29 is 32.2 Å². The Labute approximate surface area is 182 Å². The van der Waals surface area contributed by atoms with E-state index in [0.717, 1.165) is 0 Å². The van der Waals surface area contributed by atoms with Crippen LogP contribution >= 0.6 is 11.6 Å². The van der Waals surface area contributed by atoms with E-state index in [1.807, 2.05) is 0 Å². The third-order valence-corrected chi connectivity index (χ3v) is 4.66. The number of carbonyl (C=O) groups is 2. The minimum atomic E-state index is -4.42. The fourth-order valence-corrected chi connectivity index (χ4v) is 3.01. The first kappa shape index (κ1) is 24.3. The Morgan fingerprint density at radius 3 is 2.29 bits per heavy atom. The lowest BCUT2D eigenvalue weighted by Crippen LogP contribution is -2.40. The molecule has 2 rings (SSSR count). The number of ether oxygens (including phenoxy) is 2. The zero-order valence-corrected chi connectivity index (χ0v) is 17.6. The van der Waals surface area contributed by atoms with Gasteiger partial charge in [0.15, 0.2) is 6.61 Å². The van der Waals surface area contributed by atoms with Crippen LogP contribution in [0.2, 0.25) is 5.02 Å². The zero-order valence-electron chi connectivity index (χ0n) is 16.8. The van der Waals surface area contributed by atoms with Gasteiger partial charge in [-0.05, 0) is 36.2 Å². The lowest BCUT2D eigenvalue weighted by molar-refractivity contribution is -0.153. The van der Waals surface area contributed by atoms with Gasteiger partial charge in [0.1, 0.15) is 5.75 Å². The van der Waals surface area contributed by atoms with Crippen molar-refractivity contribution in [2.45, 2.75) is 31.6 Å². The van der Waals surface area contributed by atoms with Gasteiger partial charge in [0.25, 0.3) is 0 Å². The number of hydrogen-bond acceptors (Lipinski definition) is 4. The molecule has 168 valence electrons. The summed E-state index contributed by atoms with van der Waals surface area (Å²) in [5.74, 6) is -0.456. The Hall–Kier alpha value is -2.94. The first-order valence-corrected chi connectivity index (χ1v) is 9.64. The molecule has 0 aromatic heterocycles. The maximum atomic E-state index is 12.5. The van der Waals surface area contributed by atoms with E-state index in [9.17, 15) is 22.8 Å². The Morgan fingerprint density at radius 2 is 1.71 bits per heavy atom. The van der Waals surface area contributed by atoms with Crippen LogP contribution in [0.25, 0.3) is 0 Å². The number of methoxy groups -OCH3 is 1. The monoisotopic (exact) mass is 458 g/mol. The van der Waals surface area contributed by atoms with Crippen molar-refractivity contribution in [2.75, 3.05) is 13.7 Å². The molecule has 2 amide bonds. The summed E-state index contributed by atoms with van der Waals surface area (Å²) in [5.41, 5.74) is 1.21. The van der Waals surface area contributed by atoms with E-state index < -0.39 is 36.9 Å². The van der Waals surface area contributed by atoms with Crippen molar-refractivity contribution in [3.8, 4) is 5.75 Å². The number of rotatable bonds is 8. The maximum absolute atomic E-state index is 12.5. The first-order valence-electron chi connectivity index (χ1n) is 9.27. The summed E-state index contributed by atoms with van der Waals surface area (Å²) in [6, 6.07) is 10.9. The number of esters is 1. The van der Waals surface area contributed by atoms with Crippen molar-refractivity contribution in [1.82, 2.24) is 10.6 Å². The molecule has 0 saturated heterocycles. The van der Waals surface area contributed by atoms with Crippen LogP contribution in [-0.2, 0) is 9.53 Å². The minimum absolute atomic E-state index is 0.0644. The molecule has 0 heterocycles. The van der Waals surface area contributed by atoms with E-state index in [1.54, 1.807) is 43.3 Å². The highest BCUT2D eigenvalue weighted by molar-refractivity contribution is 6.31. The predicted octanol–water partition coefficient (Wildman–Crippen LogP) is 4.95. The standard InChI is InChI=1S/C21H22ClF3N2O4/c1-13(14-7-9-15(10-8-14)31-12-21(23,24)25)26-20(29)27-18(11-19(28)30-2)16-5-3-4-6-17(16)22/h3-10,13,18H,11-12H2,1-2H3,(H2,26,27,29).